The van der Waals surface area contributed by atoms with Crippen LogP contribution < -0.4 is 39.3 Å². The van der Waals surface area contributed by atoms with Gasteiger partial charge in [0.15, 0.2) is 0 Å². The van der Waals surface area contributed by atoms with Crippen molar-refractivity contribution in [2.75, 3.05) is 54.0 Å². The lowest BCUT2D eigenvalue weighted by Crippen LogP contribution is -2.38. The molecule has 3 aliphatic heterocycles. The fourth-order valence-electron chi connectivity index (χ4n) is 5.24. The molecule has 0 amide bonds. The SMILES string of the molecule is Cl.N.N.N.N.[HH].[HH].[HH].[HH].c1ccc(CC2CCN(c3nc(N4CCCCC4)nc(N4CCCCC4)n3)CC2)cc1. The monoisotopic (exact) mass is 532 g/mol. The van der Waals surface area contributed by atoms with E-state index in [9.17, 15) is 0 Å². The minimum absolute atomic E-state index is 0. The first-order valence-corrected chi connectivity index (χ1v) is 12.4. The van der Waals surface area contributed by atoms with Crippen molar-refractivity contribution < 1.29 is 5.71 Å². The first kappa shape index (κ1) is 33.8. The Labute approximate surface area is 229 Å². The predicted octanol–water partition coefficient (Wildman–Crippen LogP) is 6.37. The number of aromatic nitrogens is 3. The van der Waals surface area contributed by atoms with Crippen LogP contribution in [0.15, 0.2) is 30.3 Å². The molecule has 36 heavy (non-hydrogen) atoms. The zero-order valence-electron chi connectivity index (χ0n) is 22.0. The molecule has 1 aromatic carbocycles. The van der Waals surface area contributed by atoms with E-state index in [2.05, 4.69) is 45.0 Å². The van der Waals surface area contributed by atoms with Crippen LogP contribution >= 0.6 is 12.4 Å². The number of rotatable bonds is 5. The minimum atomic E-state index is 0. The third-order valence-electron chi connectivity index (χ3n) is 7.14. The lowest BCUT2D eigenvalue weighted by atomic mass is 9.90. The van der Waals surface area contributed by atoms with E-state index in [0.717, 1.165) is 63.0 Å². The van der Waals surface area contributed by atoms with Crippen LogP contribution in [0.5, 0.6) is 0 Å². The summed E-state index contributed by atoms with van der Waals surface area (Å²) in [5, 5.41) is 0. The van der Waals surface area contributed by atoms with E-state index < -0.39 is 0 Å². The van der Waals surface area contributed by atoms with Crippen molar-refractivity contribution in [3.63, 3.8) is 0 Å². The van der Waals surface area contributed by atoms with Gasteiger partial charge in [0.05, 0.1) is 0 Å². The maximum absolute atomic E-state index is 4.99. The summed E-state index contributed by atoms with van der Waals surface area (Å²) in [4.78, 5) is 22.1. The van der Waals surface area contributed by atoms with Gasteiger partial charge in [0.2, 0.25) is 17.8 Å². The minimum Gasteiger partial charge on any atom is -0.344 e. The highest BCUT2D eigenvalue weighted by atomic mass is 35.5. The number of hydrogen-bond acceptors (Lipinski definition) is 10. The van der Waals surface area contributed by atoms with Gasteiger partial charge in [0.1, 0.15) is 0 Å². The molecular formula is C25H57ClN10. The van der Waals surface area contributed by atoms with E-state index in [-0.39, 0.29) is 42.7 Å². The van der Waals surface area contributed by atoms with Gasteiger partial charge in [-0.25, -0.2) is 0 Å². The van der Waals surface area contributed by atoms with Crippen molar-refractivity contribution in [2.24, 2.45) is 5.92 Å². The van der Waals surface area contributed by atoms with Gasteiger partial charge in [-0.05, 0) is 69.3 Å². The quantitative estimate of drug-likeness (QED) is 0.336. The van der Waals surface area contributed by atoms with Gasteiger partial charge >= 0.3 is 0 Å². The summed E-state index contributed by atoms with van der Waals surface area (Å²) in [6.07, 6.45) is 11.2. The number of piperidine rings is 3. The van der Waals surface area contributed by atoms with E-state index in [4.69, 9.17) is 15.0 Å². The van der Waals surface area contributed by atoms with Crippen molar-refractivity contribution in [2.45, 2.75) is 57.8 Å². The number of anilines is 3. The highest BCUT2D eigenvalue weighted by Crippen LogP contribution is 2.28. The molecule has 10 nitrogen and oxygen atoms in total. The van der Waals surface area contributed by atoms with Crippen LogP contribution in [0.2, 0.25) is 0 Å². The molecule has 1 aromatic heterocycles. The molecule has 214 valence electrons. The number of nitrogens with zero attached hydrogens (tertiary/aromatic N) is 6. The Bertz CT molecular complexity index is 818. The smallest absolute Gasteiger partial charge is 0.231 e. The second-order valence-electron chi connectivity index (χ2n) is 9.45. The summed E-state index contributed by atoms with van der Waals surface area (Å²) in [6.45, 7) is 6.37. The lowest BCUT2D eigenvalue weighted by Gasteiger charge is -2.34. The van der Waals surface area contributed by atoms with Crippen LogP contribution in [-0.4, -0.2) is 54.2 Å². The average Bonchev–Trinajstić information content (AvgIpc) is 2.86. The van der Waals surface area contributed by atoms with Gasteiger partial charge in [-0.2, -0.15) is 15.0 Å². The molecule has 4 heterocycles. The maximum Gasteiger partial charge on any atom is 0.231 e. The van der Waals surface area contributed by atoms with Gasteiger partial charge < -0.3 is 39.3 Å². The molecule has 3 fully saturated rings. The summed E-state index contributed by atoms with van der Waals surface area (Å²) in [5.74, 6) is 3.45. The summed E-state index contributed by atoms with van der Waals surface area (Å²) < 4.78 is 0. The molecule has 5 rings (SSSR count). The van der Waals surface area contributed by atoms with Crippen molar-refractivity contribution in [3.05, 3.63) is 35.9 Å². The highest BCUT2D eigenvalue weighted by molar-refractivity contribution is 5.85. The van der Waals surface area contributed by atoms with E-state index in [1.165, 1.54) is 63.4 Å². The summed E-state index contributed by atoms with van der Waals surface area (Å²) >= 11 is 0. The molecule has 2 aromatic rings. The van der Waals surface area contributed by atoms with Gasteiger partial charge in [0, 0.05) is 45.0 Å². The molecule has 12 N–H and O–H groups in total. The van der Waals surface area contributed by atoms with Gasteiger partial charge in [-0.15, -0.1) is 12.4 Å². The second kappa shape index (κ2) is 16.5. The van der Waals surface area contributed by atoms with E-state index in [1.54, 1.807) is 0 Å². The average molecular weight is 533 g/mol. The summed E-state index contributed by atoms with van der Waals surface area (Å²) in [5.41, 5.74) is 1.46. The molecule has 0 unspecified atom stereocenters. The van der Waals surface area contributed by atoms with E-state index >= 15 is 0 Å². The van der Waals surface area contributed by atoms with Crippen LogP contribution in [0.1, 0.15) is 62.6 Å². The fourth-order valence-corrected chi connectivity index (χ4v) is 5.24. The molecule has 0 radical (unpaired) electrons. The third kappa shape index (κ3) is 8.41. The first-order valence-electron chi connectivity index (χ1n) is 12.4. The molecule has 0 saturated carbocycles. The number of hydrogen-bond donors (Lipinski definition) is 4. The van der Waals surface area contributed by atoms with Crippen LogP contribution in [0.4, 0.5) is 17.8 Å². The van der Waals surface area contributed by atoms with Crippen LogP contribution in [-0.2, 0) is 6.42 Å². The molecular weight excluding hydrogens is 476 g/mol. The Morgan fingerprint density at radius 3 is 1.39 bits per heavy atom. The Morgan fingerprint density at radius 2 is 0.972 bits per heavy atom. The van der Waals surface area contributed by atoms with Crippen LogP contribution in [0.3, 0.4) is 0 Å². The summed E-state index contributed by atoms with van der Waals surface area (Å²) in [7, 11) is 0. The summed E-state index contributed by atoms with van der Waals surface area (Å²) in [6, 6.07) is 10.9. The van der Waals surface area contributed by atoms with Gasteiger partial charge in [-0.3, -0.25) is 0 Å². The zero-order chi connectivity index (χ0) is 20.9. The Kier molecular flexibility index (Phi) is 15.5. The topological polar surface area (TPSA) is 188 Å². The van der Waals surface area contributed by atoms with Crippen molar-refractivity contribution >= 4 is 30.3 Å². The molecule has 0 bridgehead atoms. The Balaban J connectivity index is -0.000000454. The van der Waals surface area contributed by atoms with E-state index in [0.29, 0.717) is 0 Å². The fraction of sp³-hybridized carbons (Fsp3) is 0.640. The second-order valence-corrected chi connectivity index (χ2v) is 9.45. The molecule has 0 atom stereocenters. The van der Waals surface area contributed by atoms with Crippen LogP contribution in [0.25, 0.3) is 0 Å². The van der Waals surface area contributed by atoms with Crippen LogP contribution in [0, 0.1) is 5.92 Å². The first-order chi connectivity index (χ1) is 15.3. The molecule has 0 aliphatic carbocycles. The molecule has 3 aliphatic rings. The van der Waals surface area contributed by atoms with Gasteiger partial charge in [-0.1, -0.05) is 30.3 Å². The Hall–Kier alpha value is -2.24. The zero-order valence-corrected chi connectivity index (χ0v) is 22.8. The number of halogens is 1. The maximum atomic E-state index is 4.99. The van der Waals surface area contributed by atoms with Crippen molar-refractivity contribution in [1.82, 2.24) is 39.6 Å². The number of benzene rings is 1. The molecule has 0 spiro atoms. The largest absolute Gasteiger partial charge is 0.344 e. The molecule has 3 saturated heterocycles. The third-order valence-corrected chi connectivity index (χ3v) is 7.14. The van der Waals surface area contributed by atoms with E-state index in [1.807, 2.05) is 0 Å². The van der Waals surface area contributed by atoms with Crippen molar-refractivity contribution in [3.8, 4) is 0 Å². The molecule has 11 heteroatoms. The lowest BCUT2D eigenvalue weighted by molar-refractivity contribution is 0.400. The predicted molar refractivity (Wildman–Crippen MR) is 163 cm³/mol. The standard InChI is InChI=1S/C25H36N6.ClH.4H3N.4H2/c1-4-10-21(11-5-1)20-22-12-18-31(19-13-22)25-27-23(29-14-6-2-7-15-29)26-24(28-25)30-16-8-3-9-17-30;;;;;;;;;/h1,4-5,10-11,22H,2-3,6-9,12-20H2;1H;4*1H3;4*1H. The van der Waals surface area contributed by atoms with Crippen molar-refractivity contribution in [1.29, 1.82) is 0 Å². The normalized spacial score (nSPS) is 17.9. The Morgan fingerprint density at radius 1 is 0.583 bits per heavy atom. The van der Waals surface area contributed by atoms with Gasteiger partial charge in [0.25, 0.3) is 0 Å². The highest BCUT2D eigenvalue weighted by Gasteiger charge is 2.25.